The Balaban J connectivity index is 1.80. The van der Waals surface area contributed by atoms with Crippen molar-refractivity contribution in [1.82, 2.24) is 10.3 Å². The lowest BCUT2D eigenvalue weighted by Gasteiger charge is -2.22. The molecule has 188 valence electrons. The lowest BCUT2D eigenvalue weighted by molar-refractivity contribution is -0.274. The molecule has 36 heavy (non-hydrogen) atoms. The number of rotatable bonds is 4. The average Bonchev–Trinajstić information content (AvgIpc) is 2.96. The van der Waals surface area contributed by atoms with Crippen molar-refractivity contribution in [3.63, 3.8) is 0 Å². The first-order valence-corrected chi connectivity index (χ1v) is 10.9. The minimum atomic E-state index is -5.02. The number of hydrogen-bond donors (Lipinski definition) is 2. The summed E-state index contributed by atoms with van der Waals surface area (Å²) in [4.78, 5) is 12.5. The van der Waals surface area contributed by atoms with E-state index in [-0.39, 0.29) is 28.9 Å². The number of para-hydroxylation sites is 1. The van der Waals surface area contributed by atoms with Crippen molar-refractivity contribution < 1.29 is 31.5 Å². The lowest BCUT2D eigenvalue weighted by atomic mass is 9.94. The SMILES string of the molecule is CNC(=O)N1N=C(c2ccc(Nc3ccccc3F)cc2)c2cc(OC(F)(F)F)cc(F)c2CC1C. The number of ether oxygens (including phenoxy) is 1. The molecule has 0 saturated heterocycles. The van der Waals surface area contributed by atoms with Crippen molar-refractivity contribution in [2.45, 2.75) is 25.7 Å². The van der Waals surface area contributed by atoms with Crippen LogP contribution in [0.1, 0.15) is 23.6 Å². The van der Waals surface area contributed by atoms with Gasteiger partial charge in [0, 0.05) is 29.9 Å². The molecule has 1 heterocycles. The molecule has 4 rings (SSSR count). The monoisotopic (exact) mass is 504 g/mol. The van der Waals surface area contributed by atoms with E-state index in [1.807, 2.05) is 0 Å². The molecule has 3 aromatic rings. The second kappa shape index (κ2) is 9.84. The van der Waals surface area contributed by atoms with E-state index in [0.717, 1.165) is 11.1 Å². The van der Waals surface area contributed by atoms with Gasteiger partial charge in [-0.25, -0.2) is 18.6 Å². The molecule has 0 radical (unpaired) electrons. The highest BCUT2D eigenvalue weighted by Crippen LogP contribution is 2.32. The number of nitrogens with one attached hydrogen (secondary N) is 2. The fourth-order valence-corrected chi connectivity index (χ4v) is 3.87. The molecule has 1 aliphatic rings. The Bertz CT molecular complexity index is 1310. The fourth-order valence-electron chi connectivity index (χ4n) is 3.87. The summed E-state index contributed by atoms with van der Waals surface area (Å²) in [5, 5.41) is 10.9. The molecule has 1 aliphatic heterocycles. The van der Waals surface area contributed by atoms with Gasteiger partial charge in [0.05, 0.1) is 17.4 Å². The maximum absolute atomic E-state index is 15.0. The third-order valence-corrected chi connectivity index (χ3v) is 5.52. The summed E-state index contributed by atoms with van der Waals surface area (Å²) in [6.07, 6.45) is -5.02. The summed E-state index contributed by atoms with van der Waals surface area (Å²) in [6.45, 7) is 1.65. The molecule has 3 aromatic carbocycles. The van der Waals surface area contributed by atoms with E-state index in [1.54, 1.807) is 49.4 Å². The smallest absolute Gasteiger partial charge is 0.406 e. The van der Waals surface area contributed by atoms with Crippen LogP contribution in [0.4, 0.5) is 38.1 Å². The summed E-state index contributed by atoms with van der Waals surface area (Å²) >= 11 is 0. The Kier molecular flexibility index (Phi) is 6.82. The van der Waals surface area contributed by atoms with Crippen LogP contribution in [-0.2, 0) is 6.42 Å². The first kappa shape index (κ1) is 25.0. The third kappa shape index (κ3) is 5.40. The molecule has 1 unspecified atom stereocenters. The van der Waals surface area contributed by atoms with Crippen LogP contribution >= 0.6 is 0 Å². The van der Waals surface area contributed by atoms with Gasteiger partial charge in [-0.15, -0.1) is 13.2 Å². The highest BCUT2D eigenvalue weighted by Gasteiger charge is 2.34. The van der Waals surface area contributed by atoms with Gasteiger partial charge in [-0.05, 0) is 49.2 Å². The van der Waals surface area contributed by atoms with E-state index in [9.17, 15) is 22.4 Å². The van der Waals surface area contributed by atoms with Gasteiger partial charge in [0.2, 0.25) is 0 Å². The normalized spacial score (nSPS) is 15.5. The summed E-state index contributed by atoms with van der Waals surface area (Å²) in [7, 11) is 1.40. The Morgan fingerprint density at radius 1 is 1.06 bits per heavy atom. The summed E-state index contributed by atoms with van der Waals surface area (Å²) in [5.41, 5.74) is 1.38. The fraction of sp³-hybridized carbons (Fsp3) is 0.200. The van der Waals surface area contributed by atoms with Crippen molar-refractivity contribution in [3.8, 4) is 5.75 Å². The number of anilines is 2. The number of fused-ring (bicyclic) bond motifs is 1. The first-order valence-electron chi connectivity index (χ1n) is 10.9. The molecule has 0 aromatic heterocycles. The number of amides is 2. The van der Waals surface area contributed by atoms with Crippen LogP contribution in [0.25, 0.3) is 0 Å². The van der Waals surface area contributed by atoms with E-state index in [2.05, 4.69) is 20.5 Å². The van der Waals surface area contributed by atoms with E-state index in [0.29, 0.717) is 17.3 Å². The largest absolute Gasteiger partial charge is 0.573 e. The van der Waals surface area contributed by atoms with Gasteiger partial charge in [-0.2, -0.15) is 5.10 Å². The lowest BCUT2D eigenvalue weighted by Crippen LogP contribution is -2.41. The van der Waals surface area contributed by atoms with Crippen molar-refractivity contribution in [2.24, 2.45) is 5.10 Å². The average molecular weight is 504 g/mol. The second-order valence-electron chi connectivity index (χ2n) is 8.06. The number of urea groups is 1. The summed E-state index contributed by atoms with van der Waals surface area (Å²) in [6, 6.07) is 13.0. The minimum absolute atomic E-state index is 0.000801. The molecule has 2 N–H and O–H groups in total. The molecule has 0 spiro atoms. The predicted octanol–water partition coefficient (Wildman–Crippen LogP) is 5.95. The van der Waals surface area contributed by atoms with Crippen LogP contribution in [0.5, 0.6) is 5.75 Å². The van der Waals surface area contributed by atoms with Crippen molar-refractivity contribution in [3.05, 3.63) is 89.0 Å². The van der Waals surface area contributed by atoms with Gasteiger partial charge in [0.15, 0.2) is 0 Å². The van der Waals surface area contributed by atoms with E-state index in [1.165, 1.54) is 13.1 Å². The molecular formula is C25H21F5N4O2. The zero-order chi connectivity index (χ0) is 26.0. The molecule has 1 atom stereocenters. The number of hydrazone groups is 1. The topological polar surface area (TPSA) is 66.0 Å². The van der Waals surface area contributed by atoms with Crippen molar-refractivity contribution in [1.29, 1.82) is 0 Å². The van der Waals surface area contributed by atoms with Crippen molar-refractivity contribution in [2.75, 3.05) is 12.4 Å². The minimum Gasteiger partial charge on any atom is -0.406 e. The molecule has 2 amide bonds. The van der Waals surface area contributed by atoms with Gasteiger partial charge in [0.25, 0.3) is 0 Å². The van der Waals surface area contributed by atoms with Gasteiger partial charge in [-0.1, -0.05) is 24.3 Å². The van der Waals surface area contributed by atoms with Crippen molar-refractivity contribution >= 4 is 23.1 Å². The first-order chi connectivity index (χ1) is 17.1. The maximum Gasteiger partial charge on any atom is 0.573 e. The molecular weight excluding hydrogens is 483 g/mol. The summed E-state index contributed by atoms with van der Waals surface area (Å²) in [5.74, 6) is -2.11. The van der Waals surface area contributed by atoms with Gasteiger partial charge >= 0.3 is 12.4 Å². The van der Waals surface area contributed by atoms with Crippen LogP contribution < -0.4 is 15.4 Å². The van der Waals surface area contributed by atoms with Gasteiger partial charge < -0.3 is 15.4 Å². The Hall–Kier alpha value is -4.15. The van der Waals surface area contributed by atoms with Gasteiger partial charge in [-0.3, -0.25) is 0 Å². The number of nitrogens with zero attached hydrogens (tertiary/aromatic N) is 2. The Labute approximate surface area is 203 Å². The van der Waals surface area contributed by atoms with Crippen LogP contribution in [0.2, 0.25) is 0 Å². The Morgan fingerprint density at radius 2 is 1.75 bits per heavy atom. The van der Waals surface area contributed by atoms with Crippen LogP contribution in [0.15, 0.2) is 65.8 Å². The highest BCUT2D eigenvalue weighted by atomic mass is 19.4. The number of halogens is 5. The molecule has 0 bridgehead atoms. The highest BCUT2D eigenvalue weighted by molar-refractivity contribution is 6.14. The predicted molar refractivity (Wildman–Crippen MR) is 124 cm³/mol. The third-order valence-electron chi connectivity index (χ3n) is 5.52. The molecule has 0 aliphatic carbocycles. The second-order valence-corrected chi connectivity index (χ2v) is 8.06. The number of alkyl halides is 3. The number of carbonyl (C=O) groups is 1. The molecule has 0 saturated carbocycles. The van der Waals surface area contributed by atoms with Crippen LogP contribution in [0.3, 0.4) is 0 Å². The number of benzene rings is 3. The zero-order valence-electron chi connectivity index (χ0n) is 19.2. The van der Waals surface area contributed by atoms with Gasteiger partial charge in [0.1, 0.15) is 17.4 Å². The van der Waals surface area contributed by atoms with E-state index < -0.39 is 35.8 Å². The number of carbonyl (C=O) groups excluding carboxylic acids is 1. The van der Waals surface area contributed by atoms with E-state index in [4.69, 9.17) is 0 Å². The molecule has 6 nitrogen and oxygen atoms in total. The zero-order valence-corrected chi connectivity index (χ0v) is 19.2. The van der Waals surface area contributed by atoms with Crippen LogP contribution in [-0.4, -0.2) is 36.2 Å². The Morgan fingerprint density at radius 3 is 2.39 bits per heavy atom. The summed E-state index contributed by atoms with van der Waals surface area (Å²) < 4.78 is 71.6. The quantitative estimate of drug-likeness (QED) is 0.432. The maximum atomic E-state index is 15.0. The standard InChI is InChI=1S/C25H21F5N4O2/c1-14-11-18-19(12-17(13-21(18)27)36-25(28,29)30)23(33-34(14)24(35)31-2)15-7-9-16(10-8-15)32-22-6-4-3-5-20(22)26/h3-10,12-14,32H,11H2,1-2H3,(H,31,35). The number of hydrogen-bond acceptors (Lipinski definition) is 4. The van der Waals surface area contributed by atoms with Crippen LogP contribution in [0, 0.1) is 11.6 Å². The molecule has 11 heteroatoms. The molecule has 0 fully saturated rings. The van der Waals surface area contributed by atoms with E-state index >= 15 is 4.39 Å².